The summed E-state index contributed by atoms with van der Waals surface area (Å²) in [7, 11) is 0. The fourth-order valence-electron chi connectivity index (χ4n) is 1.55. The largest absolute Gasteiger partial charge is 0.207 e. The van der Waals surface area contributed by atoms with E-state index in [-0.39, 0.29) is 5.82 Å². The highest BCUT2D eigenvalue weighted by molar-refractivity contribution is 6.31. The minimum Gasteiger partial charge on any atom is -0.207 e. The number of hydrogen-bond acceptors (Lipinski definition) is 0. The van der Waals surface area contributed by atoms with E-state index < -0.39 is 5.41 Å². The van der Waals surface area contributed by atoms with Crippen molar-refractivity contribution < 1.29 is 4.39 Å². The average molecular weight is 195 g/mol. The van der Waals surface area contributed by atoms with E-state index in [0.29, 0.717) is 10.6 Å². The van der Waals surface area contributed by atoms with Crippen LogP contribution in [-0.4, -0.2) is 0 Å². The summed E-state index contributed by atoms with van der Waals surface area (Å²) in [5.41, 5.74) is 0.0850. The maximum atomic E-state index is 13.4. The highest BCUT2D eigenvalue weighted by Gasteiger charge is 2.45. The van der Waals surface area contributed by atoms with E-state index >= 15 is 0 Å². The summed E-state index contributed by atoms with van der Waals surface area (Å²) in [6.45, 7) is 0. The van der Waals surface area contributed by atoms with Crippen LogP contribution < -0.4 is 0 Å². The van der Waals surface area contributed by atoms with Crippen LogP contribution in [0.4, 0.5) is 4.39 Å². The molecule has 1 aliphatic rings. The first-order valence-corrected chi connectivity index (χ1v) is 4.50. The van der Waals surface area contributed by atoms with E-state index in [0.717, 1.165) is 12.8 Å². The van der Waals surface area contributed by atoms with E-state index in [2.05, 4.69) is 5.92 Å². The lowest BCUT2D eigenvalue weighted by Gasteiger charge is -2.10. The highest BCUT2D eigenvalue weighted by atomic mass is 35.5. The molecule has 0 radical (unpaired) electrons. The minimum atomic E-state index is -0.414. The summed E-state index contributed by atoms with van der Waals surface area (Å²) in [5, 5.41) is 0.440. The van der Waals surface area contributed by atoms with Crippen LogP contribution in [0.1, 0.15) is 18.4 Å². The standard InChI is InChI=1S/C11H8ClF/c1-2-11(6-7-11)10-8(12)4-3-5-9(10)13/h1,3-5H,6-7H2. The summed E-state index contributed by atoms with van der Waals surface area (Å²) < 4.78 is 13.4. The van der Waals surface area contributed by atoms with E-state index in [4.69, 9.17) is 18.0 Å². The Bertz CT molecular complexity index is 365. The first kappa shape index (κ1) is 8.59. The Morgan fingerprint density at radius 1 is 1.46 bits per heavy atom. The molecule has 1 saturated carbocycles. The topological polar surface area (TPSA) is 0 Å². The number of rotatable bonds is 1. The smallest absolute Gasteiger partial charge is 0.129 e. The Morgan fingerprint density at radius 2 is 2.15 bits per heavy atom. The van der Waals surface area contributed by atoms with Gasteiger partial charge in [-0.15, -0.1) is 6.42 Å². The second-order valence-electron chi connectivity index (χ2n) is 3.32. The molecule has 2 rings (SSSR count). The van der Waals surface area contributed by atoms with Gasteiger partial charge >= 0.3 is 0 Å². The lowest BCUT2D eigenvalue weighted by atomic mass is 9.96. The highest BCUT2D eigenvalue weighted by Crippen LogP contribution is 2.50. The van der Waals surface area contributed by atoms with Crippen molar-refractivity contribution >= 4 is 11.6 Å². The number of hydrogen-bond donors (Lipinski definition) is 0. The predicted octanol–water partition coefficient (Wildman–Crippen LogP) is 3.14. The normalized spacial score (nSPS) is 17.9. The molecule has 0 N–H and O–H groups in total. The van der Waals surface area contributed by atoms with Crippen molar-refractivity contribution in [3.05, 3.63) is 34.6 Å². The molecule has 0 amide bonds. The molecule has 1 fully saturated rings. The fraction of sp³-hybridized carbons (Fsp3) is 0.273. The van der Waals surface area contributed by atoms with Gasteiger partial charge in [-0.3, -0.25) is 0 Å². The van der Waals surface area contributed by atoms with E-state index in [1.807, 2.05) is 0 Å². The van der Waals surface area contributed by atoms with Crippen LogP contribution in [0.25, 0.3) is 0 Å². The zero-order valence-corrected chi connectivity index (χ0v) is 7.74. The molecule has 0 bridgehead atoms. The van der Waals surface area contributed by atoms with Crippen molar-refractivity contribution in [3.8, 4) is 12.3 Å². The molecular weight excluding hydrogens is 187 g/mol. The summed E-state index contributed by atoms with van der Waals surface area (Å²) in [6.07, 6.45) is 7.04. The van der Waals surface area contributed by atoms with Crippen LogP contribution in [0, 0.1) is 18.2 Å². The van der Waals surface area contributed by atoms with Crippen molar-refractivity contribution in [2.24, 2.45) is 0 Å². The SMILES string of the molecule is C#CC1(c2c(F)cccc2Cl)CC1. The molecule has 0 heterocycles. The average Bonchev–Trinajstić information content (AvgIpc) is 2.85. The Morgan fingerprint density at radius 3 is 2.62 bits per heavy atom. The molecule has 0 atom stereocenters. The third-order valence-electron chi connectivity index (χ3n) is 2.47. The molecule has 2 heteroatoms. The van der Waals surface area contributed by atoms with Crippen LogP contribution in [-0.2, 0) is 5.41 Å². The van der Waals surface area contributed by atoms with Crippen molar-refractivity contribution in [1.82, 2.24) is 0 Å². The molecule has 0 saturated heterocycles. The van der Waals surface area contributed by atoms with Gasteiger partial charge in [-0.05, 0) is 25.0 Å². The second kappa shape index (κ2) is 2.75. The van der Waals surface area contributed by atoms with Gasteiger partial charge in [0.05, 0.1) is 5.41 Å². The molecule has 1 aromatic carbocycles. The third-order valence-corrected chi connectivity index (χ3v) is 2.78. The molecule has 1 aromatic rings. The molecule has 13 heavy (non-hydrogen) atoms. The van der Waals surface area contributed by atoms with Gasteiger partial charge < -0.3 is 0 Å². The Kier molecular flexibility index (Phi) is 1.82. The summed E-state index contributed by atoms with van der Waals surface area (Å²) in [4.78, 5) is 0. The number of halogens is 2. The molecule has 0 spiro atoms. The molecule has 0 aromatic heterocycles. The van der Waals surface area contributed by atoms with Crippen LogP contribution >= 0.6 is 11.6 Å². The Labute approximate surface area is 81.7 Å². The Hall–Kier alpha value is -1.00. The number of benzene rings is 1. The lowest BCUT2D eigenvalue weighted by molar-refractivity contribution is 0.600. The van der Waals surface area contributed by atoms with Crippen LogP contribution in [0.5, 0.6) is 0 Å². The summed E-state index contributed by atoms with van der Waals surface area (Å²) >= 11 is 5.90. The molecular formula is C11H8ClF. The van der Waals surface area contributed by atoms with E-state index in [9.17, 15) is 4.39 Å². The second-order valence-corrected chi connectivity index (χ2v) is 3.73. The van der Waals surface area contributed by atoms with Crippen molar-refractivity contribution in [2.45, 2.75) is 18.3 Å². The van der Waals surface area contributed by atoms with Gasteiger partial charge in [0.2, 0.25) is 0 Å². The molecule has 0 aliphatic heterocycles. The van der Waals surface area contributed by atoms with Crippen molar-refractivity contribution in [1.29, 1.82) is 0 Å². The quantitative estimate of drug-likeness (QED) is 0.603. The van der Waals surface area contributed by atoms with Gasteiger partial charge in [-0.2, -0.15) is 0 Å². The Balaban J connectivity index is 2.58. The van der Waals surface area contributed by atoms with Crippen LogP contribution in [0.2, 0.25) is 5.02 Å². The van der Waals surface area contributed by atoms with Gasteiger partial charge in [0.25, 0.3) is 0 Å². The van der Waals surface area contributed by atoms with Gasteiger partial charge in [-0.1, -0.05) is 23.6 Å². The zero-order valence-electron chi connectivity index (χ0n) is 6.98. The number of terminal acetylenes is 1. The monoisotopic (exact) mass is 194 g/mol. The van der Waals surface area contributed by atoms with Gasteiger partial charge in [0.15, 0.2) is 0 Å². The van der Waals surface area contributed by atoms with Gasteiger partial charge in [0, 0.05) is 10.6 Å². The van der Waals surface area contributed by atoms with Crippen molar-refractivity contribution in [3.63, 3.8) is 0 Å². The third kappa shape index (κ3) is 1.22. The van der Waals surface area contributed by atoms with Crippen LogP contribution in [0.15, 0.2) is 18.2 Å². The molecule has 1 aliphatic carbocycles. The lowest BCUT2D eigenvalue weighted by Crippen LogP contribution is -2.06. The first-order chi connectivity index (χ1) is 6.19. The molecule has 66 valence electrons. The summed E-state index contributed by atoms with van der Waals surface area (Å²) in [6, 6.07) is 4.67. The molecule has 0 unspecified atom stereocenters. The van der Waals surface area contributed by atoms with E-state index in [1.165, 1.54) is 6.07 Å². The zero-order chi connectivity index (χ0) is 9.47. The molecule has 0 nitrogen and oxygen atoms in total. The van der Waals surface area contributed by atoms with E-state index in [1.54, 1.807) is 12.1 Å². The summed E-state index contributed by atoms with van der Waals surface area (Å²) in [5.74, 6) is 2.34. The van der Waals surface area contributed by atoms with Gasteiger partial charge in [-0.25, -0.2) is 4.39 Å². The minimum absolute atomic E-state index is 0.289. The van der Waals surface area contributed by atoms with Crippen molar-refractivity contribution in [2.75, 3.05) is 0 Å². The maximum Gasteiger partial charge on any atom is 0.129 e. The van der Waals surface area contributed by atoms with Gasteiger partial charge in [0.1, 0.15) is 5.82 Å². The first-order valence-electron chi connectivity index (χ1n) is 4.12. The maximum absolute atomic E-state index is 13.4. The van der Waals surface area contributed by atoms with Crippen LogP contribution in [0.3, 0.4) is 0 Å². The predicted molar refractivity (Wildman–Crippen MR) is 51.2 cm³/mol. The fourth-order valence-corrected chi connectivity index (χ4v) is 1.89.